The quantitative estimate of drug-likeness (QED) is 0.388. The third kappa shape index (κ3) is 738. The molecule has 0 aromatic carbocycles. The van der Waals surface area contributed by atoms with E-state index in [4.69, 9.17) is 23.7 Å². The maximum absolute atomic E-state index is 8.86. The van der Waals surface area contributed by atoms with E-state index in [1.165, 1.54) is 0 Å². The van der Waals surface area contributed by atoms with Crippen molar-refractivity contribution in [2.24, 2.45) is 0 Å². The summed E-state index contributed by atoms with van der Waals surface area (Å²) >= 11 is -8.85. The third-order valence-corrected chi connectivity index (χ3v) is 0. The zero-order valence-corrected chi connectivity index (χ0v) is 4.59. The summed E-state index contributed by atoms with van der Waals surface area (Å²) in [6.45, 7) is 0. The Hall–Kier alpha value is -0.401. The van der Waals surface area contributed by atoms with E-state index in [1.807, 2.05) is 0 Å². The van der Waals surface area contributed by atoms with E-state index >= 15 is 0 Å². The molecule has 0 radical (unpaired) electrons. The summed E-state index contributed by atoms with van der Waals surface area (Å²) in [5.74, 6) is 0. The number of hydrogen-bond donors (Lipinski definition) is 2. The number of rotatable bonds is 0. The maximum atomic E-state index is 8.86. The predicted octanol–water partition coefficient (Wildman–Crippen LogP) is -2.42. The van der Waals surface area contributed by atoms with Crippen molar-refractivity contribution in [3.05, 3.63) is 0 Å². The molecule has 0 fully saturated rings. The van der Waals surface area contributed by atoms with Crippen LogP contribution in [0.5, 0.6) is 0 Å². The average Bonchev–Trinajstić information content (AvgIpc) is 0.592. The molecule has 0 aromatic rings. The van der Waals surface area contributed by atoms with Gasteiger partial charge in [0.1, 0.15) is 0 Å². The van der Waals surface area contributed by atoms with Crippen LogP contribution in [0.15, 0.2) is 0 Å². The van der Waals surface area contributed by atoms with Crippen LogP contribution in [0.1, 0.15) is 0 Å². The molecule has 8 heavy (non-hydrogen) atoms. The van der Waals surface area contributed by atoms with Gasteiger partial charge in [0, 0.05) is 0 Å². The minimum atomic E-state index is -8.85. The SMILES string of the molecule is O.[O]=[Mn](=[O])(=[O])(=[O])([OH])[OH]. The summed E-state index contributed by atoms with van der Waals surface area (Å²) in [7, 11) is 0. The van der Waals surface area contributed by atoms with Crippen LogP contribution < -0.4 is 0 Å². The van der Waals surface area contributed by atoms with E-state index in [0.29, 0.717) is 0 Å². The molecular weight excluding hydrogens is 167 g/mol. The summed E-state index contributed by atoms with van der Waals surface area (Å²) in [6, 6.07) is 0. The molecule has 4 N–H and O–H groups in total. The standard InChI is InChI=1S/Mn.3H2O.4O/h;3*1H2;;;;/q+2;;;;;;;/p-2. The molecule has 0 rings (SSSR count). The zero-order chi connectivity index (χ0) is 6.41. The fraction of sp³-hybridized carbons (Fsp3) is 0. The van der Waals surface area contributed by atoms with Crippen LogP contribution >= 0.6 is 0 Å². The van der Waals surface area contributed by atoms with Gasteiger partial charge < -0.3 is 5.48 Å². The van der Waals surface area contributed by atoms with Crippen LogP contribution in [0.25, 0.3) is 0 Å². The second-order valence-electron chi connectivity index (χ2n) is 1.01. The molecule has 0 amide bonds. The van der Waals surface area contributed by atoms with Crippen LogP contribution in [0.4, 0.5) is 0 Å². The van der Waals surface area contributed by atoms with Gasteiger partial charge in [-0.25, -0.2) is 0 Å². The van der Waals surface area contributed by atoms with Gasteiger partial charge in [-0.3, -0.25) is 0 Å². The average molecular weight is 171 g/mol. The first-order valence-electron chi connectivity index (χ1n) is 0.955. The molecule has 0 aliphatic heterocycles. The van der Waals surface area contributed by atoms with Crippen molar-refractivity contribution in [2.75, 3.05) is 0 Å². The van der Waals surface area contributed by atoms with Crippen LogP contribution in [0.3, 0.4) is 0 Å². The second-order valence-corrected chi connectivity index (χ2v) is 4.15. The molecule has 0 spiro atoms. The third-order valence-electron chi connectivity index (χ3n) is 0. The molecule has 0 heterocycles. The molecule has 53 valence electrons. The van der Waals surface area contributed by atoms with E-state index in [1.54, 1.807) is 0 Å². The van der Waals surface area contributed by atoms with Crippen molar-refractivity contribution in [3.63, 3.8) is 0 Å². The van der Waals surface area contributed by atoms with Gasteiger partial charge in [0.05, 0.1) is 0 Å². The first kappa shape index (κ1) is 10.6. The first-order valence-corrected chi connectivity index (χ1v) is 3.94. The molecule has 8 heteroatoms. The second kappa shape index (κ2) is 0.971. The first-order chi connectivity index (χ1) is 2.45. The van der Waals surface area contributed by atoms with Gasteiger partial charge in [0.15, 0.2) is 0 Å². The van der Waals surface area contributed by atoms with Gasteiger partial charge in [0.2, 0.25) is 0 Å². The Balaban J connectivity index is 0. The van der Waals surface area contributed by atoms with Crippen molar-refractivity contribution >= 4 is 0 Å². The van der Waals surface area contributed by atoms with Crippen LogP contribution in [0.2, 0.25) is 0 Å². The van der Waals surface area contributed by atoms with Gasteiger partial charge in [0.25, 0.3) is 0 Å². The topological polar surface area (TPSA) is 140 Å². The Morgan fingerprint density at radius 1 is 0.875 bits per heavy atom. The van der Waals surface area contributed by atoms with Gasteiger partial charge in [-0.05, 0) is 0 Å². The Labute approximate surface area is 41.2 Å². The van der Waals surface area contributed by atoms with Crippen molar-refractivity contribution in [2.45, 2.75) is 0 Å². The molecule has 0 aliphatic rings. The fourth-order valence-electron chi connectivity index (χ4n) is 0. The van der Waals surface area contributed by atoms with Gasteiger partial charge in [-0.1, -0.05) is 0 Å². The van der Waals surface area contributed by atoms with Crippen molar-refractivity contribution < 1.29 is 40.3 Å². The monoisotopic (exact) mass is 171 g/mol. The Kier molecular flexibility index (Phi) is 1.28. The Bertz CT molecular complexity index is 317. The summed E-state index contributed by atoms with van der Waals surface area (Å²) in [4.78, 5) is 0. The van der Waals surface area contributed by atoms with Crippen molar-refractivity contribution in [3.8, 4) is 0 Å². The molecule has 0 aliphatic carbocycles. The Morgan fingerprint density at radius 3 is 0.875 bits per heavy atom. The summed E-state index contributed by atoms with van der Waals surface area (Å²) in [5, 5.41) is 0. The van der Waals surface area contributed by atoms with Gasteiger partial charge in [-0.15, -0.1) is 0 Å². The van der Waals surface area contributed by atoms with E-state index in [-0.39, 0.29) is 5.48 Å². The zero-order valence-electron chi connectivity index (χ0n) is 3.41. The van der Waals surface area contributed by atoms with Crippen LogP contribution in [-0.4, -0.2) is 13.9 Å². The van der Waals surface area contributed by atoms with Crippen LogP contribution in [0, 0.1) is 0 Å². The fourth-order valence-corrected chi connectivity index (χ4v) is 0. The van der Waals surface area contributed by atoms with E-state index < -0.39 is 11.1 Å². The molecule has 7 nitrogen and oxygen atoms in total. The molecule has 0 atom stereocenters. The van der Waals surface area contributed by atoms with Crippen LogP contribution in [-0.2, 0) is 26.5 Å². The van der Waals surface area contributed by atoms with Crippen molar-refractivity contribution in [1.29, 1.82) is 0 Å². The molecule has 0 unspecified atom stereocenters. The predicted molar refractivity (Wildman–Crippen MR) is 10.8 cm³/mol. The molecule has 0 bridgehead atoms. The molecule has 0 saturated heterocycles. The van der Waals surface area contributed by atoms with E-state index in [0.717, 1.165) is 0 Å². The number of hydrogen-bond acceptors (Lipinski definition) is 4. The molecule has 0 aromatic heterocycles. The van der Waals surface area contributed by atoms with E-state index in [2.05, 4.69) is 0 Å². The van der Waals surface area contributed by atoms with E-state index in [9.17, 15) is 0 Å². The Morgan fingerprint density at radius 2 is 0.875 bits per heavy atom. The van der Waals surface area contributed by atoms with Crippen molar-refractivity contribution in [1.82, 2.24) is 0 Å². The minimum absolute atomic E-state index is 0. The van der Waals surface area contributed by atoms with Gasteiger partial charge in [-0.2, -0.15) is 0 Å². The molecular formula is H4MnO7. The van der Waals surface area contributed by atoms with Gasteiger partial charge >= 0.3 is 34.8 Å². The molecule has 0 saturated carbocycles. The normalized spacial score (nSPS) is 19.8. The summed E-state index contributed by atoms with van der Waals surface area (Å²) in [6.07, 6.45) is 0. The summed E-state index contributed by atoms with van der Waals surface area (Å²) in [5.41, 5.74) is 0. The summed E-state index contributed by atoms with van der Waals surface area (Å²) < 4.78 is 49.3.